The van der Waals surface area contributed by atoms with Crippen LogP contribution in [0.15, 0.2) is 24.3 Å². The van der Waals surface area contributed by atoms with Gasteiger partial charge in [-0.05, 0) is 30.4 Å². The molecule has 18 heavy (non-hydrogen) atoms. The van der Waals surface area contributed by atoms with Crippen molar-refractivity contribution in [3.8, 4) is 5.75 Å². The van der Waals surface area contributed by atoms with Crippen LogP contribution < -0.4 is 0 Å². The normalized spacial score (nSPS) is 25.1. The van der Waals surface area contributed by atoms with Crippen molar-refractivity contribution in [1.29, 1.82) is 0 Å². The number of ether oxygens (including phenoxy) is 2. The van der Waals surface area contributed by atoms with Crippen molar-refractivity contribution in [3.05, 3.63) is 29.8 Å². The van der Waals surface area contributed by atoms with Gasteiger partial charge < -0.3 is 14.6 Å². The number of phenolic OH excluding ortho intramolecular Hbond substituents is 1. The van der Waals surface area contributed by atoms with E-state index < -0.39 is 0 Å². The molecule has 0 bridgehead atoms. The first-order chi connectivity index (χ1) is 8.44. The minimum absolute atomic E-state index is 0.248. The van der Waals surface area contributed by atoms with E-state index in [1.165, 1.54) is 0 Å². The van der Waals surface area contributed by atoms with Gasteiger partial charge in [0.05, 0.1) is 12.7 Å². The molecule has 0 aliphatic carbocycles. The van der Waals surface area contributed by atoms with Crippen molar-refractivity contribution in [2.45, 2.75) is 46.0 Å². The first kappa shape index (κ1) is 13.4. The lowest BCUT2D eigenvalue weighted by molar-refractivity contribution is -0.222. The van der Waals surface area contributed by atoms with Gasteiger partial charge >= 0.3 is 0 Å². The van der Waals surface area contributed by atoms with E-state index >= 15 is 0 Å². The molecule has 100 valence electrons. The molecule has 0 radical (unpaired) electrons. The van der Waals surface area contributed by atoms with Gasteiger partial charge in [0.15, 0.2) is 6.29 Å². The molecule has 1 aromatic rings. The summed E-state index contributed by atoms with van der Waals surface area (Å²) in [6.07, 6.45) is 1.93. The van der Waals surface area contributed by atoms with E-state index in [1.54, 1.807) is 12.1 Å². The quantitative estimate of drug-likeness (QED) is 0.871. The van der Waals surface area contributed by atoms with Crippen molar-refractivity contribution >= 4 is 0 Å². The maximum atomic E-state index is 9.28. The Balaban J connectivity index is 2.00. The van der Waals surface area contributed by atoms with Gasteiger partial charge in [-0.3, -0.25) is 0 Å². The van der Waals surface area contributed by atoms with E-state index in [0.717, 1.165) is 25.0 Å². The highest BCUT2D eigenvalue weighted by Crippen LogP contribution is 2.32. The molecule has 1 N–H and O–H groups in total. The molecule has 1 heterocycles. The van der Waals surface area contributed by atoms with E-state index in [9.17, 15) is 5.11 Å². The standard InChI is InChI=1S/C15H22O3/c1-15(2,3)10-13-8-9-17-14(18-13)11-4-6-12(16)7-5-11/h4-7,13-14,16H,8-10H2,1-3H3. The second-order valence-electron chi connectivity index (χ2n) is 6.11. The molecule has 2 atom stereocenters. The minimum atomic E-state index is -0.299. The number of hydrogen-bond donors (Lipinski definition) is 1. The highest BCUT2D eigenvalue weighted by atomic mass is 16.7. The van der Waals surface area contributed by atoms with Crippen LogP contribution in [0, 0.1) is 5.41 Å². The Morgan fingerprint density at radius 1 is 1.22 bits per heavy atom. The third kappa shape index (κ3) is 3.72. The lowest BCUT2D eigenvalue weighted by Crippen LogP contribution is -2.30. The Morgan fingerprint density at radius 2 is 1.89 bits per heavy atom. The smallest absolute Gasteiger partial charge is 0.184 e. The van der Waals surface area contributed by atoms with Crippen LogP contribution in [-0.4, -0.2) is 17.8 Å². The predicted octanol–water partition coefficient (Wildman–Crippen LogP) is 3.63. The second-order valence-corrected chi connectivity index (χ2v) is 6.11. The number of hydrogen-bond acceptors (Lipinski definition) is 3. The van der Waals surface area contributed by atoms with Crippen molar-refractivity contribution in [3.63, 3.8) is 0 Å². The summed E-state index contributed by atoms with van der Waals surface area (Å²) in [6, 6.07) is 7.02. The Morgan fingerprint density at radius 3 is 2.50 bits per heavy atom. The van der Waals surface area contributed by atoms with Crippen molar-refractivity contribution in [1.82, 2.24) is 0 Å². The Bertz CT molecular complexity index is 378. The van der Waals surface area contributed by atoms with Crippen molar-refractivity contribution in [2.75, 3.05) is 6.61 Å². The molecule has 1 aliphatic rings. The predicted molar refractivity (Wildman–Crippen MR) is 70.4 cm³/mol. The van der Waals surface area contributed by atoms with Crippen LogP contribution in [0.4, 0.5) is 0 Å². The molecule has 1 aromatic carbocycles. The summed E-state index contributed by atoms with van der Waals surface area (Å²) < 4.78 is 11.6. The summed E-state index contributed by atoms with van der Waals surface area (Å²) in [5.41, 5.74) is 1.23. The molecule has 0 spiro atoms. The zero-order chi connectivity index (χ0) is 13.2. The Kier molecular flexibility index (Phi) is 3.93. The molecule has 3 nitrogen and oxygen atoms in total. The molecule has 0 aromatic heterocycles. The molecule has 0 saturated carbocycles. The van der Waals surface area contributed by atoms with Gasteiger partial charge in [0.1, 0.15) is 5.75 Å². The van der Waals surface area contributed by atoms with Crippen LogP contribution in [0.3, 0.4) is 0 Å². The zero-order valence-electron chi connectivity index (χ0n) is 11.3. The SMILES string of the molecule is CC(C)(C)CC1CCOC(c2ccc(O)cc2)O1. The molecule has 1 fully saturated rings. The van der Waals surface area contributed by atoms with Crippen LogP contribution >= 0.6 is 0 Å². The molecule has 0 amide bonds. The van der Waals surface area contributed by atoms with Gasteiger partial charge in [-0.25, -0.2) is 0 Å². The monoisotopic (exact) mass is 250 g/mol. The molecule has 1 saturated heterocycles. The maximum absolute atomic E-state index is 9.28. The summed E-state index contributed by atoms with van der Waals surface area (Å²) in [5, 5.41) is 9.28. The van der Waals surface area contributed by atoms with Crippen molar-refractivity contribution in [2.24, 2.45) is 5.41 Å². The van der Waals surface area contributed by atoms with Gasteiger partial charge in [0.25, 0.3) is 0 Å². The average molecular weight is 250 g/mol. The van der Waals surface area contributed by atoms with Crippen LogP contribution in [0.25, 0.3) is 0 Å². The number of aromatic hydroxyl groups is 1. The van der Waals surface area contributed by atoms with Crippen LogP contribution in [0.1, 0.15) is 45.5 Å². The van der Waals surface area contributed by atoms with E-state index in [1.807, 2.05) is 12.1 Å². The van der Waals surface area contributed by atoms with Gasteiger partial charge in [0.2, 0.25) is 0 Å². The minimum Gasteiger partial charge on any atom is -0.508 e. The number of phenols is 1. The van der Waals surface area contributed by atoms with E-state index in [-0.39, 0.29) is 23.6 Å². The summed E-state index contributed by atoms with van der Waals surface area (Å²) in [7, 11) is 0. The van der Waals surface area contributed by atoms with Crippen LogP contribution in [0.5, 0.6) is 5.75 Å². The average Bonchev–Trinajstić information content (AvgIpc) is 2.28. The topological polar surface area (TPSA) is 38.7 Å². The van der Waals surface area contributed by atoms with Crippen molar-refractivity contribution < 1.29 is 14.6 Å². The summed E-state index contributed by atoms with van der Waals surface area (Å²) in [4.78, 5) is 0. The fourth-order valence-corrected chi connectivity index (χ4v) is 2.23. The first-order valence-electron chi connectivity index (χ1n) is 6.50. The maximum Gasteiger partial charge on any atom is 0.184 e. The summed E-state index contributed by atoms with van der Waals surface area (Å²) in [6.45, 7) is 7.40. The first-order valence-corrected chi connectivity index (χ1v) is 6.50. The Labute approximate surface area is 109 Å². The van der Waals surface area contributed by atoms with Crippen LogP contribution in [0.2, 0.25) is 0 Å². The lowest BCUT2D eigenvalue weighted by Gasteiger charge is -2.34. The molecule has 2 unspecified atom stereocenters. The lowest BCUT2D eigenvalue weighted by atomic mass is 9.88. The van der Waals surface area contributed by atoms with Gasteiger partial charge in [-0.2, -0.15) is 0 Å². The third-order valence-corrected chi connectivity index (χ3v) is 3.03. The molecule has 2 rings (SSSR count). The zero-order valence-corrected chi connectivity index (χ0v) is 11.3. The van der Waals surface area contributed by atoms with E-state index in [4.69, 9.17) is 9.47 Å². The molecular weight excluding hydrogens is 228 g/mol. The van der Waals surface area contributed by atoms with Crippen LogP contribution in [-0.2, 0) is 9.47 Å². The highest BCUT2D eigenvalue weighted by molar-refractivity contribution is 5.26. The third-order valence-electron chi connectivity index (χ3n) is 3.03. The highest BCUT2D eigenvalue weighted by Gasteiger charge is 2.27. The molecular formula is C15H22O3. The molecule has 3 heteroatoms. The van der Waals surface area contributed by atoms with E-state index in [0.29, 0.717) is 0 Å². The van der Waals surface area contributed by atoms with Gasteiger partial charge in [0, 0.05) is 5.56 Å². The van der Waals surface area contributed by atoms with E-state index in [2.05, 4.69) is 20.8 Å². The van der Waals surface area contributed by atoms with Gasteiger partial charge in [-0.1, -0.05) is 32.9 Å². The Hall–Kier alpha value is -1.06. The largest absolute Gasteiger partial charge is 0.508 e. The second kappa shape index (κ2) is 5.29. The summed E-state index contributed by atoms with van der Waals surface area (Å²) >= 11 is 0. The fourth-order valence-electron chi connectivity index (χ4n) is 2.23. The number of benzene rings is 1. The van der Waals surface area contributed by atoms with Gasteiger partial charge in [-0.15, -0.1) is 0 Å². The molecule has 1 aliphatic heterocycles. The number of rotatable bonds is 2. The fraction of sp³-hybridized carbons (Fsp3) is 0.600. The summed E-state index contributed by atoms with van der Waals surface area (Å²) in [5.74, 6) is 0.265.